The van der Waals surface area contributed by atoms with Gasteiger partial charge in [-0.05, 0) is 32.1 Å². The van der Waals surface area contributed by atoms with E-state index in [1.54, 1.807) is 0 Å². The number of thiol groups is 2. The van der Waals surface area contributed by atoms with Gasteiger partial charge in [-0.2, -0.15) is 15.0 Å². The molecule has 8 heteroatoms. The number of aromatic nitrogens is 3. The molecule has 0 saturated carbocycles. The fourth-order valence-electron chi connectivity index (χ4n) is 2.95. The number of carbonyl (C=O) groups excluding carboxylic acids is 1. The molecule has 1 N–H and O–H groups in total. The summed E-state index contributed by atoms with van der Waals surface area (Å²) in [5.41, 5.74) is 0. The van der Waals surface area contributed by atoms with E-state index in [0.717, 1.165) is 12.8 Å². The minimum atomic E-state index is -0.0794. The Morgan fingerprint density at radius 2 is 1.28 bits per heavy atom. The fraction of sp³-hybridized carbons (Fsp3) is 0.714. The number of carbonyl (C=O) groups is 1. The first-order valence-electron chi connectivity index (χ1n) is 10.7. The summed E-state index contributed by atoms with van der Waals surface area (Å²) in [6.07, 6.45) is 21.3. The summed E-state index contributed by atoms with van der Waals surface area (Å²) in [6.45, 7) is 2.26. The van der Waals surface area contributed by atoms with Crippen LogP contribution in [0.2, 0.25) is 0 Å². The summed E-state index contributed by atoms with van der Waals surface area (Å²) in [6, 6.07) is 0. The van der Waals surface area contributed by atoms with E-state index < -0.39 is 0 Å². The van der Waals surface area contributed by atoms with Crippen molar-refractivity contribution in [3.63, 3.8) is 0 Å². The first kappa shape index (κ1) is 28.9. The molecule has 1 aromatic rings. The van der Waals surface area contributed by atoms with Gasteiger partial charge >= 0.3 is 29.6 Å². The van der Waals surface area contributed by atoms with Crippen LogP contribution in [0.25, 0.3) is 0 Å². The fourth-order valence-corrected chi connectivity index (χ4v) is 3.41. The van der Waals surface area contributed by atoms with Gasteiger partial charge in [-0.15, -0.1) is 25.3 Å². The second kappa shape index (κ2) is 19.9. The molecule has 1 aromatic heterocycles. The minimum absolute atomic E-state index is 0. The summed E-state index contributed by atoms with van der Waals surface area (Å²) in [5, 5.41) is 3.16. The van der Waals surface area contributed by atoms with Gasteiger partial charge in [-0.3, -0.25) is 10.1 Å². The summed E-state index contributed by atoms with van der Waals surface area (Å²) in [4.78, 5) is 23.6. The van der Waals surface area contributed by atoms with Gasteiger partial charge in [0.1, 0.15) is 0 Å². The number of nitrogens with one attached hydrogen (secondary N) is 1. The Bertz CT molecular complexity index is 568. The summed E-state index contributed by atoms with van der Waals surface area (Å²) in [7, 11) is 0. The number of hydrogen-bond donors (Lipinski definition) is 3. The molecule has 0 radical (unpaired) electrons. The van der Waals surface area contributed by atoms with Crippen molar-refractivity contribution in [2.24, 2.45) is 0 Å². The van der Waals surface area contributed by atoms with Crippen LogP contribution in [-0.2, 0) is 4.79 Å². The van der Waals surface area contributed by atoms with Crippen molar-refractivity contribution in [3.05, 3.63) is 12.2 Å². The predicted molar refractivity (Wildman–Crippen MR) is 130 cm³/mol. The molecule has 0 fully saturated rings. The Hall–Kier alpha value is -0.0800. The third-order valence-electron chi connectivity index (χ3n) is 4.53. The molecule has 0 aromatic carbocycles. The molecule has 0 spiro atoms. The van der Waals surface area contributed by atoms with E-state index >= 15 is 0 Å². The average Bonchev–Trinajstić information content (AvgIpc) is 2.64. The van der Waals surface area contributed by atoms with E-state index in [2.05, 4.69) is 64.6 Å². The Morgan fingerprint density at radius 1 is 0.793 bits per heavy atom. The number of allylic oxidation sites excluding steroid dienone is 2. The molecule has 0 unspecified atom stereocenters. The van der Waals surface area contributed by atoms with Crippen LogP contribution in [-0.4, -0.2) is 50.4 Å². The second-order valence-corrected chi connectivity index (χ2v) is 7.94. The van der Waals surface area contributed by atoms with Crippen LogP contribution in [0.15, 0.2) is 22.5 Å². The number of rotatable bonds is 16. The molecular weight excluding hydrogens is 411 g/mol. The van der Waals surface area contributed by atoms with Crippen molar-refractivity contribution in [1.82, 2.24) is 15.0 Å². The van der Waals surface area contributed by atoms with Crippen molar-refractivity contribution in [3.8, 4) is 0 Å². The molecule has 1 rings (SSSR count). The molecule has 29 heavy (non-hydrogen) atoms. The third kappa shape index (κ3) is 17.3. The van der Waals surface area contributed by atoms with Gasteiger partial charge in [-0.1, -0.05) is 70.4 Å². The van der Waals surface area contributed by atoms with Crippen LogP contribution in [0.4, 0.5) is 5.95 Å². The van der Waals surface area contributed by atoms with Crippen molar-refractivity contribution < 1.29 is 4.79 Å². The first-order chi connectivity index (χ1) is 13.6. The van der Waals surface area contributed by atoms with Crippen molar-refractivity contribution in [1.29, 1.82) is 0 Å². The topological polar surface area (TPSA) is 67.8 Å². The quantitative estimate of drug-likeness (QED) is 0.130. The van der Waals surface area contributed by atoms with Crippen molar-refractivity contribution in [2.75, 3.05) is 5.32 Å². The molecule has 0 aliphatic heterocycles. The number of nitrogens with zero attached hydrogens (tertiary/aromatic N) is 3. The van der Waals surface area contributed by atoms with E-state index in [4.69, 9.17) is 0 Å². The van der Waals surface area contributed by atoms with Crippen LogP contribution in [0.5, 0.6) is 0 Å². The number of amides is 1. The van der Waals surface area contributed by atoms with Gasteiger partial charge < -0.3 is 0 Å². The van der Waals surface area contributed by atoms with Gasteiger partial charge in [0, 0.05) is 6.42 Å². The molecule has 5 nitrogen and oxygen atoms in total. The molecule has 0 saturated heterocycles. The monoisotopic (exact) mass is 448 g/mol. The molecule has 0 aliphatic rings. The summed E-state index contributed by atoms with van der Waals surface area (Å²) < 4.78 is 0. The standard InChI is InChI=1S/C21H36N4OS2.Na.H/c1-2-3-4-5-6-7-8-9-10-11-12-13-14-15-16-17-18(26)22-19-23-20(27)25-21(28)24-19;;/h9-10H,2-8,11-17H2,1H3,(H3,22,23,24,25,26,27,28);;. The van der Waals surface area contributed by atoms with E-state index in [1.807, 2.05) is 0 Å². The Labute approximate surface area is 209 Å². The molecule has 160 valence electrons. The Balaban J connectivity index is 0.00000784. The molecule has 1 heterocycles. The zero-order valence-corrected chi connectivity index (χ0v) is 19.0. The van der Waals surface area contributed by atoms with Crippen LogP contribution in [0, 0.1) is 0 Å². The number of unbranched alkanes of at least 4 members (excludes halogenated alkanes) is 11. The zero-order valence-electron chi connectivity index (χ0n) is 17.2. The third-order valence-corrected chi connectivity index (χ3v) is 4.93. The average molecular weight is 449 g/mol. The molecule has 0 aliphatic carbocycles. The Kier molecular flexibility index (Phi) is 19.8. The SMILES string of the molecule is CCCCCCCCC=CCCCCCCCC(=O)Nc1nc(S)nc(S)n1.[NaH]. The Morgan fingerprint density at radius 3 is 1.83 bits per heavy atom. The van der Waals surface area contributed by atoms with E-state index in [-0.39, 0.29) is 51.7 Å². The summed E-state index contributed by atoms with van der Waals surface area (Å²) >= 11 is 8.09. The molecule has 1 amide bonds. The second-order valence-electron chi connectivity index (χ2n) is 7.14. The van der Waals surface area contributed by atoms with Gasteiger partial charge in [0.25, 0.3) is 0 Å². The van der Waals surface area contributed by atoms with Crippen LogP contribution in [0.3, 0.4) is 0 Å². The summed E-state index contributed by atoms with van der Waals surface area (Å²) in [5.74, 6) is 0.132. The van der Waals surface area contributed by atoms with Gasteiger partial charge in [0.2, 0.25) is 11.9 Å². The van der Waals surface area contributed by atoms with Gasteiger partial charge in [-0.25, -0.2) is 0 Å². The van der Waals surface area contributed by atoms with E-state index in [1.165, 1.54) is 70.6 Å². The van der Waals surface area contributed by atoms with E-state index in [0.29, 0.717) is 6.42 Å². The number of anilines is 1. The van der Waals surface area contributed by atoms with Crippen LogP contribution < -0.4 is 5.32 Å². The maximum absolute atomic E-state index is 11.9. The molecule has 0 bridgehead atoms. The van der Waals surface area contributed by atoms with Crippen molar-refractivity contribution >= 4 is 66.7 Å². The molecular formula is C21H37N4NaOS2. The van der Waals surface area contributed by atoms with Crippen LogP contribution in [0.1, 0.15) is 96.8 Å². The predicted octanol–water partition coefficient (Wildman–Crippen LogP) is 5.78. The maximum atomic E-state index is 11.9. The zero-order chi connectivity index (χ0) is 20.5. The number of hydrogen-bond acceptors (Lipinski definition) is 6. The van der Waals surface area contributed by atoms with Crippen LogP contribution >= 0.6 is 25.3 Å². The van der Waals surface area contributed by atoms with Gasteiger partial charge in [0.15, 0.2) is 10.3 Å². The normalized spacial score (nSPS) is 10.9. The van der Waals surface area contributed by atoms with E-state index in [9.17, 15) is 4.79 Å². The van der Waals surface area contributed by atoms with Crippen molar-refractivity contribution in [2.45, 2.75) is 107 Å². The van der Waals surface area contributed by atoms with Gasteiger partial charge in [0.05, 0.1) is 0 Å². The first-order valence-corrected chi connectivity index (χ1v) is 11.6. The molecule has 0 atom stereocenters.